The van der Waals surface area contributed by atoms with Crippen LogP contribution in [0, 0.1) is 0 Å². The van der Waals surface area contributed by atoms with E-state index in [2.05, 4.69) is 24.4 Å². The normalized spacial score (nSPS) is 23.9. The fourth-order valence-electron chi connectivity index (χ4n) is 2.90. The summed E-state index contributed by atoms with van der Waals surface area (Å²) in [6, 6.07) is 9.86. The average Bonchev–Trinajstić information content (AvgIpc) is 2.40. The number of piperazine rings is 1. The Bertz CT molecular complexity index is 403. The molecule has 0 spiro atoms. The Kier molecular flexibility index (Phi) is 3.87. The van der Waals surface area contributed by atoms with Gasteiger partial charge in [0.1, 0.15) is 0 Å². The Morgan fingerprint density at radius 1 is 1.44 bits per heavy atom. The highest BCUT2D eigenvalue weighted by atomic mass is 16.2. The van der Waals surface area contributed by atoms with Gasteiger partial charge in [0.05, 0.1) is 5.54 Å². The van der Waals surface area contributed by atoms with E-state index in [4.69, 9.17) is 5.73 Å². The summed E-state index contributed by atoms with van der Waals surface area (Å²) in [4.78, 5) is 13.6. The Morgan fingerprint density at radius 3 is 2.78 bits per heavy atom. The number of hydrogen-bond acceptors (Lipinski definition) is 2. The van der Waals surface area contributed by atoms with Gasteiger partial charge in [0.25, 0.3) is 0 Å². The van der Waals surface area contributed by atoms with Crippen LogP contribution >= 0.6 is 0 Å². The highest BCUT2D eigenvalue weighted by Crippen LogP contribution is 2.34. The van der Waals surface area contributed by atoms with Crippen molar-refractivity contribution < 1.29 is 4.79 Å². The van der Waals surface area contributed by atoms with Crippen LogP contribution in [0.2, 0.25) is 0 Å². The van der Waals surface area contributed by atoms with Crippen molar-refractivity contribution in [1.82, 2.24) is 10.2 Å². The number of hydrogen-bond donors (Lipinski definition) is 2. The zero-order valence-corrected chi connectivity index (χ0v) is 10.9. The van der Waals surface area contributed by atoms with Gasteiger partial charge in [-0.3, -0.25) is 0 Å². The maximum Gasteiger partial charge on any atom is 0.315 e. The van der Waals surface area contributed by atoms with E-state index in [-0.39, 0.29) is 11.6 Å². The fraction of sp³-hybridized carbons (Fsp3) is 0.500. The number of carbonyl (C=O) groups excluding carboxylic acids is 1. The lowest BCUT2D eigenvalue weighted by atomic mass is 9.82. The summed E-state index contributed by atoms with van der Waals surface area (Å²) in [6.07, 6.45) is 1.94. The van der Waals surface area contributed by atoms with Gasteiger partial charge in [0, 0.05) is 19.6 Å². The molecule has 0 saturated carbocycles. The van der Waals surface area contributed by atoms with Crippen LogP contribution in [-0.4, -0.2) is 30.6 Å². The van der Waals surface area contributed by atoms with Gasteiger partial charge in [-0.1, -0.05) is 43.7 Å². The summed E-state index contributed by atoms with van der Waals surface area (Å²) >= 11 is 0. The number of nitrogens with zero attached hydrogens (tertiary/aromatic N) is 1. The number of nitrogens with one attached hydrogen (secondary N) is 1. The number of primary amides is 1. The molecule has 1 aromatic carbocycles. The second-order valence-electron chi connectivity index (χ2n) is 4.81. The molecule has 2 amide bonds. The smallest absolute Gasteiger partial charge is 0.315 e. The summed E-state index contributed by atoms with van der Waals surface area (Å²) in [7, 11) is 0. The molecule has 1 atom stereocenters. The SMILES string of the molecule is CCCC1(c2ccccc2)CNCCN1C(N)=O. The van der Waals surface area contributed by atoms with Gasteiger partial charge < -0.3 is 16.0 Å². The van der Waals surface area contributed by atoms with Crippen LogP contribution in [0.3, 0.4) is 0 Å². The molecular formula is C14H21N3O. The first-order valence-electron chi connectivity index (χ1n) is 6.54. The van der Waals surface area contributed by atoms with E-state index in [0.29, 0.717) is 6.54 Å². The van der Waals surface area contributed by atoms with E-state index in [9.17, 15) is 4.79 Å². The van der Waals surface area contributed by atoms with Gasteiger partial charge in [0.15, 0.2) is 0 Å². The van der Waals surface area contributed by atoms with Gasteiger partial charge in [-0.15, -0.1) is 0 Å². The van der Waals surface area contributed by atoms with Gasteiger partial charge in [-0.05, 0) is 12.0 Å². The maximum atomic E-state index is 11.7. The molecule has 2 rings (SSSR count). The third-order valence-corrected chi connectivity index (χ3v) is 3.69. The summed E-state index contributed by atoms with van der Waals surface area (Å²) in [5.74, 6) is 0. The van der Waals surface area contributed by atoms with Crippen LogP contribution in [0.5, 0.6) is 0 Å². The summed E-state index contributed by atoms with van der Waals surface area (Å²) in [6.45, 7) is 4.39. The second kappa shape index (κ2) is 5.40. The molecule has 18 heavy (non-hydrogen) atoms. The Morgan fingerprint density at radius 2 is 2.17 bits per heavy atom. The average molecular weight is 247 g/mol. The molecule has 0 aliphatic carbocycles. The van der Waals surface area contributed by atoms with E-state index in [1.54, 1.807) is 0 Å². The van der Waals surface area contributed by atoms with Crippen molar-refractivity contribution in [3.8, 4) is 0 Å². The van der Waals surface area contributed by atoms with Gasteiger partial charge in [0.2, 0.25) is 0 Å². The zero-order valence-electron chi connectivity index (χ0n) is 10.9. The number of urea groups is 1. The van der Waals surface area contributed by atoms with Gasteiger partial charge in [-0.25, -0.2) is 4.79 Å². The molecule has 98 valence electrons. The lowest BCUT2D eigenvalue weighted by molar-refractivity contribution is 0.0830. The number of carbonyl (C=O) groups is 1. The molecule has 0 aromatic heterocycles. The van der Waals surface area contributed by atoms with E-state index in [1.165, 1.54) is 0 Å². The molecule has 1 saturated heterocycles. The van der Waals surface area contributed by atoms with Gasteiger partial charge in [-0.2, -0.15) is 0 Å². The monoisotopic (exact) mass is 247 g/mol. The minimum Gasteiger partial charge on any atom is -0.351 e. The van der Waals surface area contributed by atoms with Crippen molar-refractivity contribution in [3.05, 3.63) is 35.9 Å². The van der Waals surface area contributed by atoms with E-state index >= 15 is 0 Å². The van der Waals surface area contributed by atoms with Crippen molar-refractivity contribution in [3.63, 3.8) is 0 Å². The van der Waals surface area contributed by atoms with Crippen LogP contribution < -0.4 is 11.1 Å². The molecule has 0 radical (unpaired) electrons. The molecule has 1 aliphatic rings. The topological polar surface area (TPSA) is 58.4 Å². The molecule has 4 heteroatoms. The summed E-state index contributed by atoms with van der Waals surface area (Å²) in [5, 5.41) is 3.39. The number of benzene rings is 1. The number of nitrogens with two attached hydrogens (primary N) is 1. The quantitative estimate of drug-likeness (QED) is 0.853. The molecule has 1 unspecified atom stereocenters. The van der Waals surface area contributed by atoms with Crippen LogP contribution in [0.25, 0.3) is 0 Å². The molecule has 1 aromatic rings. The third kappa shape index (κ3) is 2.20. The molecule has 4 nitrogen and oxygen atoms in total. The van der Waals surface area contributed by atoms with E-state index in [1.807, 2.05) is 23.1 Å². The lowest BCUT2D eigenvalue weighted by Crippen LogP contribution is -2.62. The number of rotatable bonds is 3. The molecule has 3 N–H and O–H groups in total. The third-order valence-electron chi connectivity index (χ3n) is 3.69. The first-order chi connectivity index (χ1) is 8.70. The van der Waals surface area contributed by atoms with Crippen LogP contribution in [0.4, 0.5) is 4.79 Å². The van der Waals surface area contributed by atoms with Gasteiger partial charge >= 0.3 is 6.03 Å². The van der Waals surface area contributed by atoms with Crippen molar-refractivity contribution in [2.45, 2.75) is 25.3 Å². The standard InChI is InChI=1S/C14H21N3O/c1-2-8-14(12-6-4-3-5-7-12)11-16-9-10-17(14)13(15)18/h3-7,16H,2,8-11H2,1H3,(H2,15,18). The maximum absolute atomic E-state index is 11.7. The van der Waals surface area contributed by atoms with Crippen LogP contribution in [-0.2, 0) is 5.54 Å². The Hall–Kier alpha value is -1.55. The predicted molar refractivity (Wildman–Crippen MR) is 72.2 cm³/mol. The fourth-order valence-corrected chi connectivity index (χ4v) is 2.90. The van der Waals surface area contributed by atoms with Crippen molar-refractivity contribution in [2.75, 3.05) is 19.6 Å². The molecule has 1 fully saturated rings. The van der Waals surface area contributed by atoms with Crippen LogP contribution in [0.1, 0.15) is 25.3 Å². The van der Waals surface area contributed by atoms with Crippen LogP contribution in [0.15, 0.2) is 30.3 Å². The largest absolute Gasteiger partial charge is 0.351 e. The summed E-state index contributed by atoms with van der Waals surface area (Å²) < 4.78 is 0. The molecule has 1 heterocycles. The second-order valence-corrected chi connectivity index (χ2v) is 4.81. The molecule has 1 aliphatic heterocycles. The first kappa shape index (κ1) is 12.9. The predicted octanol–water partition coefficient (Wildman–Crippen LogP) is 1.67. The van der Waals surface area contributed by atoms with Crippen molar-refractivity contribution in [2.24, 2.45) is 5.73 Å². The minimum atomic E-state index is -0.325. The van der Waals surface area contributed by atoms with Crippen molar-refractivity contribution >= 4 is 6.03 Å². The summed E-state index contributed by atoms with van der Waals surface area (Å²) in [5.41, 5.74) is 6.44. The first-order valence-corrected chi connectivity index (χ1v) is 6.54. The lowest BCUT2D eigenvalue weighted by Gasteiger charge is -2.47. The van der Waals surface area contributed by atoms with E-state index < -0.39 is 0 Å². The van der Waals surface area contributed by atoms with E-state index in [0.717, 1.165) is 31.5 Å². The minimum absolute atomic E-state index is 0.292. The molecular weight excluding hydrogens is 226 g/mol. The molecule has 0 bridgehead atoms. The highest BCUT2D eigenvalue weighted by Gasteiger charge is 2.41. The zero-order chi connectivity index (χ0) is 13.0. The Labute approximate surface area is 108 Å². The number of amides is 2. The highest BCUT2D eigenvalue weighted by molar-refractivity contribution is 5.73. The Balaban J connectivity index is 2.43. The van der Waals surface area contributed by atoms with Crippen molar-refractivity contribution in [1.29, 1.82) is 0 Å².